The van der Waals surface area contributed by atoms with E-state index in [9.17, 15) is 9.59 Å². The molecule has 1 amide bonds. The van der Waals surface area contributed by atoms with Crippen LogP contribution >= 0.6 is 27.3 Å². The number of anilines is 1. The van der Waals surface area contributed by atoms with Gasteiger partial charge in [0.05, 0.1) is 10.2 Å². The molecule has 1 aliphatic heterocycles. The summed E-state index contributed by atoms with van der Waals surface area (Å²) in [5.74, 6) is -0.168. The molecular weight excluding hydrogens is 524 g/mol. The summed E-state index contributed by atoms with van der Waals surface area (Å²) in [5, 5.41) is 4.07. The van der Waals surface area contributed by atoms with Gasteiger partial charge in [-0.3, -0.25) is 14.5 Å². The number of halogens is 1. The molecule has 1 aromatic heterocycles. The molecule has 178 valence electrons. The van der Waals surface area contributed by atoms with Crippen molar-refractivity contribution < 1.29 is 9.59 Å². The molecule has 1 aliphatic rings. The lowest BCUT2D eigenvalue weighted by atomic mass is 10.0. The van der Waals surface area contributed by atoms with Crippen molar-refractivity contribution in [1.29, 1.82) is 0 Å². The van der Waals surface area contributed by atoms with Crippen LogP contribution in [0.3, 0.4) is 0 Å². The van der Waals surface area contributed by atoms with Gasteiger partial charge in [-0.15, -0.1) is 0 Å². The average Bonchev–Trinajstić information content (AvgIpc) is 3.32. The quantitative estimate of drug-likeness (QED) is 0.335. The molecule has 0 radical (unpaired) electrons. The SMILES string of the molecule is O=C(NCCN1CCN(c2nc3ccc(Br)cc3s2)CC1)c1ccc(C(=O)c2ccccc2)cc1. The number of hydrogen-bond donors (Lipinski definition) is 1. The Kier molecular flexibility index (Phi) is 7.22. The van der Waals surface area contributed by atoms with Gasteiger partial charge in [-0.2, -0.15) is 0 Å². The maximum Gasteiger partial charge on any atom is 0.251 e. The molecule has 5 rings (SSSR count). The zero-order chi connectivity index (χ0) is 24.2. The number of piperazine rings is 1. The van der Waals surface area contributed by atoms with E-state index in [0.29, 0.717) is 23.2 Å². The van der Waals surface area contributed by atoms with E-state index in [1.165, 1.54) is 4.70 Å². The minimum Gasteiger partial charge on any atom is -0.351 e. The highest BCUT2D eigenvalue weighted by atomic mass is 79.9. The number of rotatable bonds is 7. The number of nitrogens with one attached hydrogen (secondary N) is 1. The maximum absolute atomic E-state index is 12.6. The van der Waals surface area contributed by atoms with Crippen molar-refractivity contribution in [2.45, 2.75) is 0 Å². The van der Waals surface area contributed by atoms with Gasteiger partial charge in [0.25, 0.3) is 5.91 Å². The monoisotopic (exact) mass is 548 g/mol. The summed E-state index contributed by atoms with van der Waals surface area (Å²) >= 11 is 5.26. The average molecular weight is 549 g/mol. The van der Waals surface area contributed by atoms with Crippen LogP contribution in [0, 0.1) is 0 Å². The Morgan fingerprint density at radius 2 is 1.57 bits per heavy atom. The Bertz CT molecular complexity index is 1330. The van der Waals surface area contributed by atoms with Gasteiger partial charge in [0, 0.05) is 60.4 Å². The molecule has 2 heterocycles. The van der Waals surface area contributed by atoms with Crippen LogP contribution in [0.1, 0.15) is 26.3 Å². The molecule has 4 aromatic rings. The number of fused-ring (bicyclic) bond motifs is 1. The molecular formula is C27H25BrN4O2S. The van der Waals surface area contributed by atoms with Crippen LogP contribution in [-0.4, -0.2) is 60.8 Å². The van der Waals surface area contributed by atoms with Gasteiger partial charge in [-0.05, 0) is 30.3 Å². The van der Waals surface area contributed by atoms with E-state index in [1.807, 2.05) is 30.3 Å². The van der Waals surface area contributed by atoms with Crippen LogP contribution in [0.5, 0.6) is 0 Å². The van der Waals surface area contributed by atoms with Crippen molar-refractivity contribution >= 4 is 54.3 Å². The molecule has 8 heteroatoms. The summed E-state index contributed by atoms with van der Waals surface area (Å²) in [5.41, 5.74) is 2.81. The fourth-order valence-electron chi connectivity index (χ4n) is 4.14. The summed E-state index contributed by atoms with van der Waals surface area (Å²) in [7, 11) is 0. The minimum atomic E-state index is -0.122. The summed E-state index contributed by atoms with van der Waals surface area (Å²) in [6.45, 7) is 5.10. The predicted molar refractivity (Wildman–Crippen MR) is 145 cm³/mol. The first-order chi connectivity index (χ1) is 17.1. The van der Waals surface area contributed by atoms with Crippen molar-refractivity contribution in [3.05, 3.63) is 94.0 Å². The van der Waals surface area contributed by atoms with Crippen LogP contribution in [0.2, 0.25) is 0 Å². The Hall–Kier alpha value is -3.07. The van der Waals surface area contributed by atoms with Crippen molar-refractivity contribution in [2.75, 3.05) is 44.2 Å². The molecule has 0 spiro atoms. The number of thiazole rings is 1. The van der Waals surface area contributed by atoms with E-state index in [0.717, 1.165) is 47.8 Å². The number of aromatic nitrogens is 1. The topological polar surface area (TPSA) is 65.5 Å². The zero-order valence-electron chi connectivity index (χ0n) is 19.1. The van der Waals surface area contributed by atoms with E-state index in [2.05, 4.69) is 37.1 Å². The molecule has 0 aliphatic carbocycles. The van der Waals surface area contributed by atoms with Gasteiger partial charge in [-0.25, -0.2) is 4.98 Å². The third-order valence-corrected chi connectivity index (χ3v) is 7.71. The first kappa shape index (κ1) is 23.7. The fourth-order valence-corrected chi connectivity index (χ4v) is 5.71. The highest BCUT2D eigenvalue weighted by Gasteiger charge is 2.20. The molecule has 0 bridgehead atoms. The van der Waals surface area contributed by atoms with Gasteiger partial charge < -0.3 is 10.2 Å². The van der Waals surface area contributed by atoms with Gasteiger partial charge >= 0.3 is 0 Å². The van der Waals surface area contributed by atoms with Crippen molar-refractivity contribution in [3.63, 3.8) is 0 Å². The lowest BCUT2D eigenvalue weighted by Gasteiger charge is -2.34. The van der Waals surface area contributed by atoms with Crippen LogP contribution in [0.15, 0.2) is 77.3 Å². The molecule has 3 aromatic carbocycles. The molecule has 1 fully saturated rings. The van der Waals surface area contributed by atoms with E-state index < -0.39 is 0 Å². The fraction of sp³-hybridized carbons (Fsp3) is 0.222. The first-order valence-electron chi connectivity index (χ1n) is 11.6. The van der Waals surface area contributed by atoms with Crippen LogP contribution in [0.25, 0.3) is 10.2 Å². The molecule has 6 nitrogen and oxygen atoms in total. The molecule has 0 unspecified atom stereocenters. The van der Waals surface area contributed by atoms with Crippen molar-refractivity contribution in [2.24, 2.45) is 0 Å². The van der Waals surface area contributed by atoms with E-state index in [-0.39, 0.29) is 11.7 Å². The molecule has 0 saturated carbocycles. The normalized spacial score (nSPS) is 14.3. The minimum absolute atomic E-state index is 0.0459. The lowest BCUT2D eigenvalue weighted by molar-refractivity contribution is 0.0946. The standard InChI is InChI=1S/C27H25BrN4O2S/c28-22-10-11-23-24(18-22)35-27(30-23)32-16-14-31(15-17-32)13-12-29-26(34)21-8-6-20(7-9-21)25(33)19-4-2-1-3-5-19/h1-11,18H,12-17H2,(H,29,34). The number of carbonyl (C=O) groups excluding carboxylic acids is 2. The molecule has 0 atom stereocenters. The second kappa shape index (κ2) is 10.7. The van der Waals surface area contributed by atoms with E-state index in [4.69, 9.17) is 4.98 Å². The van der Waals surface area contributed by atoms with E-state index >= 15 is 0 Å². The molecule has 1 saturated heterocycles. The number of carbonyl (C=O) groups is 2. The Morgan fingerprint density at radius 1 is 0.886 bits per heavy atom. The number of hydrogen-bond acceptors (Lipinski definition) is 6. The summed E-state index contributed by atoms with van der Waals surface area (Å²) in [6.07, 6.45) is 0. The Balaban J connectivity index is 1.08. The Morgan fingerprint density at radius 3 is 2.31 bits per heavy atom. The van der Waals surface area contributed by atoms with Crippen LogP contribution in [0.4, 0.5) is 5.13 Å². The summed E-state index contributed by atoms with van der Waals surface area (Å²) in [4.78, 5) is 34.6. The number of nitrogens with zero attached hydrogens (tertiary/aromatic N) is 3. The second-order valence-corrected chi connectivity index (χ2v) is 10.4. The first-order valence-corrected chi connectivity index (χ1v) is 13.2. The second-order valence-electron chi connectivity index (χ2n) is 8.47. The van der Waals surface area contributed by atoms with Gasteiger partial charge in [0.2, 0.25) is 0 Å². The number of ketones is 1. The highest BCUT2D eigenvalue weighted by molar-refractivity contribution is 9.10. The Labute approximate surface area is 216 Å². The molecule has 1 N–H and O–H groups in total. The van der Waals surface area contributed by atoms with Gasteiger partial charge in [0.1, 0.15) is 0 Å². The predicted octanol–water partition coefficient (Wildman–Crippen LogP) is 4.84. The highest BCUT2D eigenvalue weighted by Crippen LogP contribution is 2.31. The smallest absolute Gasteiger partial charge is 0.251 e. The summed E-state index contributed by atoms with van der Waals surface area (Å²) in [6, 6.07) is 22.2. The van der Waals surface area contributed by atoms with E-state index in [1.54, 1.807) is 47.7 Å². The summed E-state index contributed by atoms with van der Waals surface area (Å²) < 4.78 is 2.26. The van der Waals surface area contributed by atoms with Crippen molar-refractivity contribution in [1.82, 2.24) is 15.2 Å². The largest absolute Gasteiger partial charge is 0.351 e. The molecule has 35 heavy (non-hydrogen) atoms. The third-order valence-electron chi connectivity index (χ3n) is 6.14. The van der Waals surface area contributed by atoms with Crippen LogP contribution in [-0.2, 0) is 0 Å². The number of amides is 1. The third kappa shape index (κ3) is 5.61. The van der Waals surface area contributed by atoms with Crippen LogP contribution < -0.4 is 10.2 Å². The maximum atomic E-state index is 12.6. The zero-order valence-corrected chi connectivity index (χ0v) is 21.5. The van der Waals surface area contributed by atoms with Crippen molar-refractivity contribution in [3.8, 4) is 0 Å². The van der Waals surface area contributed by atoms with Gasteiger partial charge in [-0.1, -0.05) is 69.7 Å². The van der Waals surface area contributed by atoms with Gasteiger partial charge in [0.15, 0.2) is 10.9 Å². The number of benzene rings is 3. The lowest BCUT2D eigenvalue weighted by Crippen LogP contribution is -2.48.